The molecule has 1 aromatic carbocycles. The van der Waals surface area contributed by atoms with Crippen molar-refractivity contribution in [3.05, 3.63) is 64.9 Å². The molecule has 1 aliphatic rings. The molecular weight excluding hydrogens is 366 g/mol. The fraction of sp³-hybridized carbons (Fsp3) is 0.250. The summed E-state index contributed by atoms with van der Waals surface area (Å²) in [4.78, 5) is 14.4. The van der Waals surface area contributed by atoms with E-state index in [2.05, 4.69) is 10.2 Å². The van der Waals surface area contributed by atoms with Crippen molar-refractivity contribution in [2.45, 2.75) is 32.4 Å². The van der Waals surface area contributed by atoms with Gasteiger partial charge in [-0.05, 0) is 50.1 Å². The van der Waals surface area contributed by atoms with Gasteiger partial charge in [0, 0.05) is 12.1 Å². The quantitative estimate of drug-likeness (QED) is 0.586. The van der Waals surface area contributed by atoms with Crippen LogP contribution in [0.4, 0.5) is 0 Å². The number of furan rings is 1. The number of carbonyl (C=O) groups is 1. The van der Waals surface area contributed by atoms with Gasteiger partial charge in [-0.3, -0.25) is 4.79 Å². The number of nitrogens with zero attached hydrogens (tertiary/aromatic N) is 3. The molecule has 1 amide bonds. The van der Waals surface area contributed by atoms with Crippen LogP contribution < -0.4 is 0 Å². The summed E-state index contributed by atoms with van der Waals surface area (Å²) in [5.41, 5.74) is 0.676. The topological polar surface area (TPSA) is 72.4 Å². The molecular formula is C20H18ClN3O3. The summed E-state index contributed by atoms with van der Waals surface area (Å²) in [5, 5.41) is 8.68. The Bertz CT molecular complexity index is 988. The van der Waals surface area contributed by atoms with Crippen LogP contribution in [0.15, 0.2) is 51.3 Å². The van der Waals surface area contributed by atoms with Gasteiger partial charge < -0.3 is 13.7 Å². The van der Waals surface area contributed by atoms with Gasteiger partial charge in [0.2, 0.25) is 17.7 Å². The molecule has 1 fully saturated rings. The van der Waals surface area contributed by atoms with E-state index in [9.17, 15) is 4.79 Å². The zero-order valence-electron chi connectivity index (χ0n) is 14.8. The SMILES string of the molecule is Cc1ccc(C=CC(=O)N(Cc2nnc(-c3ccccc3Cl)o2)C2CC2)o1. The zero-order chi connectivity index (χ0) is 18.8. The highest BCUT2D eigenvalue weighted by atomic mass is 35.5. The van der Waals surface area contributed by atoms with E-state index in [1.165, 1.54) is 6.08 Å². The predicted octanol–water partition coefficient (Wildman–Crippen LogP) is 4.50. The van der Waals surface area contributed by atoms with Crippen molar-refractivity contribution in [3.63, 3.8) is 0 Å². The molecule has 0 unspecified atom stereocenters. The first-order valence-corrected chi connectivity index (χ1v) is 9.10. The third kappa shape index (κ3) is 4.11. The van der Waals surface area contributed by atoms with Crippen molar-refractivity contribution in [2.24, 2.45) is 0 Å². The maximum absolute atomic E-state index is 12.6. The van der Waals surface area contributed by atoms with Crippen molar-refractivity contribution in [1.82, 2.24) is 15.1 Å². The van der Waals surface area contributed by atoms with E-state index in [0.717, 1.165) is 18.6 Å². The fourth-order valence-corrected chi connectivity index (χ4v) is 2.99. The van der Waals surface area contributed by atoms with Crippen LogP contribution in [-0.2, 0) is 11.3 Å². The van der Waals surface area contributed by atoms with Crippen LogP contribution >= 0.6 is 11.6 Å². The zero-order valence-corrected chi connectivity index (χ0v) is 15.5. The smallest absolute Gasteiger partial charge is 0.249 e. The summed E-state index contributed by atoms with van der Waals surface area (Å²) >= 11 is 6.18. The number of hydrogen-bond acceptors (Lipinski definition) is 5. The molecule has 4 rings (SSSR count). The molecule has 0 N–H and O–H groups in total. The minimum Gasteiger partial charge on any atom is -0.462 e. The summed E-state index contributed by atoms with van der Waals surface area (Å²) in [6, 6.07) is 11.2. The van der Waals surface area contributed by atoms with Crippen molar-refractivity contribution >= 4 is 23.6 Å². The largest absolute Gasteiger partial charge is 0.462 e. The molecule has 0 bridgehead atoms. The maximum atomic E-state index is 12.6. The molecule has 3 aromatic rings. The lowest BCUT2D eigenvalue weighted by Crippen LogP contribution is -2.31. The second-order valence-corrected chi connectivity index (χ2v) is 6.87. The van der Waals surface area contributed by atoms with E-state index in [-0.39, 0.29) is 18.5 Å². The Morgan fingerprint density at radius 3 is 2.74 bits per heavy atom. The van der Waals surface area contributed by atoms with Gasteiger partial charge in [0.1, 0.15) is 11.5 Å². The van der Waals surface area contributed by atoms with Crippen molar-refractivity contribution in [3.8, 4) is 11.5 Å². The highest BCUT2D eigenvalue weighted by Gasteiger charge is 2.33. The molecule has 6 nitrogen and oxygen atoms in total. The summed E-state index contributed by atoms with van der Waals surface area (Å²) < 4.78 is 11.2. The Morgan fingerprint density at radius 2 is 2.04 bits per heavy atom. The number of halogens is 1. The van der Waals surface area contributed by atoms with E-state index in [1.807, 2.05) is 37.3 Å². The Labute approximate surface area is 161 Å². The predicted molar refractivity (Wildman–Crippen MR) is 101 cm³/mol. The van der Waals surface area contributed by atoms with Gasteiger partial charge in [0.25, 0.3) is 0 Å². The van der Waals surface area contributed by atoms with Gasteiger partial charge in [-0.15, -0.1) is 10.2 Å². The van der Waals surface area contributed by atoms with Crippen LogP contribution in [0.25, 0.3) is 17.5 Å². The molecule has 0 atom stereocenters. The van der Waals surface area contributed by atoms with E-state index < -0.39 is 0 Å². The molecule has 2 heterocycles. The number of rotatable bonds is 6. The van der Waals surface area contributed by atoms with Crippen LogP contribution in [0.1, 0.15) is 30.3 Å². The van der Waals surface area contributed by atoms with Crippen LogP contribution in [0.5, 0.6) is 0 Å². The standard InChI is InChI=1S/C20H18ClN3O3/c1-13-6-9-15(26-13)10-11-19(25)24(14-7-8-14)12-18-22-23-20(27-18)16-4-2-3-5-17(16)21/h2-6,9-11,14H,7-8,12H2,1H3. The summed E-state index contributed by atoms with van der Waals surface area (Å²) in [6.07, 6.45) is 5.14. The Hall–Kier alpha value is -2.86. The molecule has 1 saturated carbocycles. The van der Waals surface area contributed by atoms with Gasteiger partial charge >= 0.3 is 0 Å². The molecule has 1 aliphatic carbocycles. The van der Waals surface area contributed by atoms with Crippen LogP contribution in [0.2, 0.25) is 5.02 Å². The van der Waals surface area contributed by atoms with E-state index in [4.69, 9.17) is 20.4 Å². The highest BCUT2D eigenvalue weighted by Crippen LogP contribution is 2.30. The molecule has 7 heteroatoms. The van der Waals surface area contributed by atoms with Crippen molar-refractivity contribution < 1.29 is 13.6 Å². The summed E-state index contributed by atoms with van der Waals surface area (Å²) in [5.74, 6) is 2.08. The van der Waals surface area contributed by atoms with Crippen molar-refractivity contribution in [1.29, 1.82) is 0 Å². The fourth-order valence-electron chi connectivity index (χ4n) is 2.77. The number of carbonyl (C=O) groups excluding carboxylic acids is 1. The molecule has 2 aromatic heterocycles. The Morgan fingerprint density at radius 1 is 1.22 bits per heavy atom. The molecule has 0 saturated heterocycles. The van der Waals surface area contributed by atoms with Gasteiger partial charge in [-0.1, -0.05) is 23.7 Å². The second kappa shape index (κ2) is 7.40. The number of hydrogen-bond donors (Lipinski definition) is 0. The van der Waals surface area contributed by atoms with E-state index in [1.54, 1.807) is 17.0 Å². The average molecular weight is 384 g/mol. The lowest BCUT2D eigenvalue weighted by molar-refractivity contribution is -0.127. The first-order valence-electron chi connectivity index (χ1n) is 8.72. The molecule has 27 heavy (non-hydrogen) atoms. The molecule has 0 radical (unpaired) electrons. The molecule has 138 valence electrons. The molecule has 0 spiro atoms. The summed E-state index contributed by atoms with van der Waals surface area (Å²) in [6.45, 7) is 2.13. The monoisotopic (exact) mass is 383 g/mol. The van der Waals surface area contributed by atoms with Crippen LogP contribution in [0.3, 0.4) is 0 Å². The first kappa shape index (κ1) is 17.5. The number of aryl methyl sites for hydroxylation is 1. The van der Waals surface area contributed by atoms with E-state index >= 15 is 0 Å². The van der Waals surface area contributed by atoms with E-state index in [0.29, 0.717) is 28.1 Å². The minimum atomic E-state index is -0.107. The lowest BCUT2D eigenvalue weighted by atomic mass is 10.2. The highest BCUT2D eigenvalue weighted by molar-refractivity contribution is 6.33. The molecule has 0 aliphatic heterocycles. The number of amides is 1. The first-order chi connectivity index (χ1) is 13.1. The Balaban J connectivity index is 1.48. The third-order valence-electron chi connectivity index (χ3n) is 4.30. The van der Waals surface area contributed by atoms with Crippen molar-refractivity contribution in [2.75, 3.05) is 0 Å². The van der Waals surface area contributed by atoms with Gasteiger partial charge in [0.05, 0.1) is 17.1 Å². The summed E-state index contributed by atoms with van der Waals surface area (Å²) in [7, 11) is 0. The van der Waals surface area contributed by atoms with Gasteiger partial charge in [0.15, 0.2) is 0 Å². The lowest BCUT2D eigenvalue weighted by Gasteiger charge is -2.18. The average Bonchev–Trinajstić information content (AvgIpc) is 3.25. The third-order valence-corrected chi connectivity index (χ3v) is 4.63. The second-order valence-electron chi connectivity index (χ2n) is 6.46. The van der Waals surface area contributed by atoms with Crippen LogP contribution in [0, 0.1) is 6.92 Å². The number of benzene rings is 1. The Kier molecular flexibility index (Phi) is 4.81. The van der Waals surface area contributed by atoms with Gasteiger partial charge in [-0.25, -0.2) is 0 Å². The van der Waals surface area contributed by atoms with Gasteiger partial charge in [-0.2, -0.15) is 0 Å². The minimum absolute atomic E-state index is 0.107. The number of aromatic nitrogens is 2. The maximum Gasteiger partial charge on any atom is 0.249 e. The normalized spacial score (nSPS) is 14.0. The van der Waals surface area contributed by atoms with Crippen LogP contribution in [-0.4, -0.2) is 27.0 Å².